The first-order valence-corrected chi connectivity index (χ1v) is 18.6. The highest BCUT2D eigenvalue weighted by atomic mass is 16.5. The van der Waals surface area contributed by atoms with E-state index >= 15 is 0 Å². The number of esters is 1. The summed E-state index contributed by atoms with van der Waals surface area (Å²) >= 11 is 0. The highest BCUT2D eigenvalue weighted by Crippen LogP contribution is 2.16. The molecule has 1 atom stereocenters. The molecule has 0 radical (unpaired) electrons. The van der Waals surface area contributed by atoms with E-state index in [4.69, 9.17) is 9.84 Å². The topological polar surface area (TPSA) is 63.6 Å². The summed E-state index contributed by atoms with van der Waals surface area (Å²) in [6.07, 6.45) is 47.1. The number of ether oxygens (including phenoxy) is 1. The van der Waals surface area contributed by atoms with Crippen LogP contribution in [0.3, 0.4) is 0 Å². The van der Waals surface area contributed by atoms with Crippen LogP contribution >= 0.6 is 0 Å². The Bertz CT molecular complexity index is 748. The minimum Gasteiger partial charge on any atom is -0.481 e. The van der Waals surface area contributed by atoms with Crippen LogP contribution < -0.4 is 0 Å². The van der Waals surface area contributed by atoms with Gasteiger partial charge in [0.05, 0.1) is 0 Å². The largest absolute Gasteiger partial charge is 0.481 e. The summed E-state index contributed by atoms with van der Waals surface area (Å²) in [7, 11) is 0. The minimum atomic E-state index is -0.749. The number of carbonyl (C=O) groups is 2. The molecule has 0 rings (SSSR count). The van der Waals surface area contributed by atoms with Crippen molar-refractivity contribution in [3.63, 3.8) is 0 Å². The molecule has 0 aliphatic rings. The number of hydrogen-bond donors (Lipinski definition) is 1. The van der Waals surface area contributed by atoms with E-state index in [1.54, 1.807) is 0 Å². The molecule has 4 nitrogen and oxygen atoms in total. The summed E-state index contributed by atoms with van der Waals surface area (Å²) in [5.74, 6) is -0.857. The fourth-order valence-corrected chi connectivity index (χ4v) is 5.33. The van der Waals surface area contributed by atoms with Gasteiger partial charge in [-0.25, -0.2) is 0 Å². The van der Waals surface area contributed by atoms with Gasteiger partial charge in [-0.3, -0.25) is 9.59 Å². The standard InChI is InChI=1S/C40H70O4/c1-3-5-7-9-11-13-15-16-17-18-19-20-22-24-26-28-33-37-40(43)44-38(35-31-29-32-36-39(41)42)34-30-27-25-23-21-14-12-10-8-6-4-2/h6,8,12,14,23,25,30,34,38H,3-5,7,9-11,13,15-22,24,26-29,31-33,35-37H2,1-2H3,(H,41,42)/b8-6-,14-12-,25-23-,34-30-. The van der Waals surface area contributed by atoms with E-state index in [0.717, 1.165) is 57.8 Å². The predicted molar refractivity (Wildman–Crippen MR) is 190 cm³/mol. The molecule has 0 saturated heterocycles. The van der Waals surface area contributed by atoms with Crippen LogP contribution in [0.4, 0.5) is 0 Å². The van der Waals surface area contributed by atoms with Gasteiger partial charge in [-0.15, -0.1) is 0 Å². The van der Waals surface area contributed by atoms with Gasteiger partial charge in [0.15, 0.2) is 0 Å². The Labute approximate surface area is 272 Å². The van der Waals surface area contributed by atoms with Crippen molar-refractivity contribution in [1.82, 2.24) is 0 Å². The summed E-state index contributed by atoms with van der Waals surface area (Å²) in [4.78, 5) is 23.3. The lowest BCUT2D eigenvalue weighted by Crippen LogP contribution is -2.16. The zero-order chi connectivity index (χ0) is 32.2. The first-order valence-electron chi connectivity index (χ1n) is 18.6. The van der Waals surface area contributed by atoms with Crippen molar-refractivity contribution in [1.29, 1.82) is 0 Å². The number of carboxylic acid groups (broad SMARTS) is 1. The third kappa shape index (κ3) is 34.4. The van der Waals surface area contributed by atoms with Gasteiger partial charge in [0, 0.05) is 12.8 Å². The molecule has 0 aromatic rings. The molecule has 0 saturated carbocycles. The SMILES string of the molecule is CC/C=C\C/C=C\C/C=C\C/C=C\C(CCCCCC(=O)O)OC(=O)CCCCCCCCCCCCCCCCCCC. The molecule has 1 N–H and O–H groups in total. The molecule has 0 spiro atoms. The average Bonchev–Trinajstić information content (AvgIpc) is 3.00. The van der Waals surface area contributed by atoms with Gasteiger partial charge < -0.3 is 9.84 Å². The molecular weight excluding hydrogens is 544 g/mol. The zero-order valence-corrected chi connectivity index (χ0v) is 29.0. The van der Waals surface area contributed by atoms with Crippen LogP contribution in [0.2, 0.25) is 0 Å². The molecule has 1 unspecified atom stereocenters. The Morgan fingerprint density at radius 3 is 1.41 bits per heavy atom. The van der Waals surface area contributed by atoms with E-state index in [2.05, 4.69) is 56.4 Å². The molecule has 0 heterocycles. The number of unbranched alkanes of at least 4 members (excludes halogenated alkanes) is 18. The normalized spacial score (nSPS) is 12.8. The van der Waals surface area contributed by atoms with Gasteiger partial charge in [0.1, 0.15) is 6.10 Å². The van der Waals surface area contributed by atoms with Crippen molar-refractivity contribution in [2.75, 3.05) is 0 Å². The van der Waals surface area contributed by atoms with E-state index in [1.165, 1.54) is 96.3 Å². The molecule has 0 aliphatic carbocycles. The van der Waals surface area contributed by atoms with Crippen molar-refractivity contribution in [2.24, 2.45) is 0 Å². The Balaban J connectivity index is 4.02. The summed E-state index contributed by atoms with van der Waals surface area (Å²) in [5, 5.41) is 8.86. The van der Waals surface area contributed by atoms with E-state index in [-0.39, 0.29) is 18.5 Å². The maximum Gasteiger partial charge on any atom is 0.306 e. The lowest BCUT2D eigenvalue weighted by atomic mass is 10.0. The monoisotopic (exact) mass is 615 g/mol. The number of carbonyl (C=O) groups excluding carboxylic acids is 1. The van der Waals surface area contributed by atoms with Crippen LogP contribution in [0.5, 0.6) is 0 Å². The number of hydrogen-bond acceptors (Lipinski definition) is 3. The Morgan fingerprint density at radius 2 is 0.932 bits per heavy atom. The smallest absolute Gasteiger partial charge is 0.306 e. The molecule has 0 aromatic heterocycles. The van der Waals surface area contributed by atoms with E-state index in [1.807, 2.05) is 6.08 Å². The van der Waals surface area contributed by atoms with Crippen LogP contribution in [0.25, 0.3) is 0 Å². The Hall–Kier alpha value is -2.10. The maximum atomic E-state index is 12.5. The molecule has 0 bridgehead atoms. The van der Waals surface area contributed by atoms with Crippen molar-refractivity contribution in [2.45, 2.75) is 193 Å². The average molecular weight is 615 g/mol. The zero-order valence-electron chi connectivity index (χ0n) is 29.0. The van der Waals surface area contributed by atoms with Crippen molar-refractivity contribution < 1.29 is 19.4 Å². The van der Waals surface area contributed by atoms with Crippen molar-refractivity contribution in [3.8, 4) is 0 Å². The summed E-state index contributed by atoms with van der Waals surface area (Å²) in [6, 6.07) is 0. The maximum absolute atomic E-state index is 12.5. The molecule has 4 heteroatoms. The number of rotatable bonds is 33. The number of aliphatic carboxylic acids is 1. The second kappa shape index (κ2) is 35.4. The first kappa shape index (κ1) is 41.9. The summed E-state index contributed by atoms with van der Waals surface area (Å²) in [6.45, 7) is 4.42. The van der Waals surface area contributed by atoms with Crippen molar-refractivity contribution in [3.05, 3.63) is 48.6 Å². The lowest BCUT2D eigenvalue weighted by molar-refractivity contribution is -0.147. The highest BCUT2D eigenvalue weighted by molar-refractivity contribution is 5.69. The molecule has 44 heavy (non-hydrogen) atoms. The minimum absolute atomic E-state index is 0.107. The van der Waals surface area contributed by atoms with Crippen LogP contribution in [-0.4, -0.2) is 23.1 Å². The summed E-state index contributed by atoms with van der Waals surface area (Å²) in [5.41, 5.74) is 0. The third-order valence-corrected chi connectivity index (χ3v) is 8.05. The molecule has 0 amide bonds. The quantitative estimate of drug-likeness (QED) is 0.0454. The van der Waals surface area contributed by atoms with Gasteiger partial charge in [0.25, 0.3) is 0 Å². The van der Waals surface area contributed by atoms with E-state index in [0.29, 0.717) is 12.8 Å². The van der Waals surface area contributed by atoms with Gasteiger partial charge >= 0.3 is 11.9 Å². The van der Waals surface area contributed by atoms with Gasteiger partial charge in [0.2, 0.25) is 0 Å². The second-order valence-electron chi connectivity index (χ2n) is 12.4. The number of allylic oxidation sites excluding steroid dienone is 7. The molecule has 0 aromatic carbocycles. The second-order valence-corrected chi connectivity index (χ2v) is 12.4. The number of carboxylic acids is 1. The Morgan fingerprint density at radius 1 is 0.523 bits per heavy atom. The van der Waals surface area contributed by atoms with Crippen LogP contribution in [0, 0.1) is 0 Å². The van der Waals surface area contributed by atoms with Crippen LogP contribution in [0.1, 0.15) is 187 Å². The van der Waals surface area contributed by atoms with Gasteiger partial charge in [-0.05, 0) is 57.4 Å². The Kier molecular flexibility index (Phi) is 33.7. The lowest BCUT2D eigenvalue weighted by Gasteiger charge is -2.14. The van der Waals surface area contributed by atoms with Crippen LogP contribution in [0.15, 0.2) is 48.6 Å². The predicted octanol–water partition coefficient (Wildman–Crippen LogP) is 12.8. The fraction of sp³-hybridized carbons (Fsp3) is 0.750. The summed E-state index contributed by atoms with van der Waals surface area (Å²) < 4.78 is 5.82. The van der Waals surface area contributed by atoms with E-state index in [9.17, 15) is 9.59 Å². The molecule has 0 fully saturated rings. The first-order chi connectivity index (χ1) is 21.6. The van der Waals surface area contributed by atoms with Gasteiger partial charge in [-0.2, -0.15) is 0 Å². The third-order valence-electron chi connectivity index (χ3n) is 8.05. The molecular formula is C40H70O4. The van der Waals surface area contributed by atoms with Gasteiger partial charge in [-0.1, -0.05) is 166 Å². The molecule has 0 aliphatic heterocycles. The molecule has 254 valence electrons. The fourth-order valence-electron chi connectivity index (χ4n) is 5.33. The van der Waals surface area contributed by atoms with E-state index < -0.39 is 5.97 Å². The highest BCUT2D eigenvalue weighted by Gasteiger charge is 2.11. The van der Waals surface area contributed by atoms with Crippen molar-refractivity contribution >= 4 is 11.9 Å². The van der Waals surface area contributed by atoms with Crippen LogP contribution in [-0.2, 0) is 14.3 Å².